The highest BCUT2D eigenvalue weighted by Crippen LogP contribution is 2.11. The average molecular weight is 236 g/mol. The molecule has 1 aromatic carbocycles. The predicted octanol–water partition coefficient (Wildman–Crippen LogP) is 2.75. The first kappa shape index (κ1) is 13.5. The van der Waals surface area contributed by atoms with Gasteiger partial charge < -0.3 is 15.4 Å². The Labute approximate surface area is 102 Å². The van der Waals surface area contributed by atoms with Crippen molar-refractivity contribution >= 4 is 11.7 Å². The van der Waals surface area contributed by atoms with E-state index in [-0.39, 0.29) is 12.1 Å². The number of ether oxygens (including phenoxy) is 1. The second kappa shape index (κ2) is 6.91. The molecule has 4 heteroatoms. The van der Waals surface area contributed by atoms with Gasteiger partial charge in [-0.05, 0) is 31.0 Å². The average Bonchev–Trinajstić information content (AvgIpc) is 2.29. The summed E-state index contributed by atoms with van der Waals surface area (Å²) in [4.78, 5) is 11.6. The Balaban J connectivity index is 2.55. The minimum atomic E-state index is -0.172. The van der Waals surface area contributed by atoms with E-state index >= 15 is 0 Å². The number of methoxy groups -OCH3 is 1. The quantitative estimate of drug-likeness (QED) is 0.826. The van der Waals surface area contributed by atoms with Crippen LogP contribution in [0.5, 0.6) is 0 Å². The van der Waals surface area contributed by atoms with Gasteiger partial charge in [-0.25, -0.2) is 4.79 Å². The number of anilines is 1. The molecule has 0 aromatic heterocycles. The molecule has 1 rings (SSSR count). The number of carbonyl (C=O) groups excluding carboxylic acids is 1. The van der Waals surface area contributed by atoms with Gasteiger partial charge in [0.25, 0.3) is 0 Å². The van der Waals surface area contributed by atoms with Crippen LogP contribution in [0.25, 0.3) is 0 Å². The third-order valence-corrected chi connectivity index (χ3v) is 2.49. The van der Waals surface area contributed by atoms with Crippen molar-refractivity contribution in [2.24, 2.45) is 0 Å². The minimum Gasteiger partial charge on any atom is -0.380 e. The highest BCUT2D eigenvalue weighted by Gasteiger charge is 2.05. The zero-order valence-electron chi connectivity index (χ0n) is 10.6. The summed E-state index contributed by atoms with van der Waals surface area (Å²) in [7, 11) is 1.65. The van der Waals surface area contributed by atoms with Crippen molar-refractivity contribution < 1.29 is 9.53 Å². The molecule has 1 aromatic rings. The molecule has 0 fully saturated rings. The van der Waals surface area contributed by atoms with Crippen LogP contribution in [0.2, 0.25) is 0 Å². The van der Waals surface area contributed by atoms with E-state index in [2.05, 4.69) is 10.6 Å². The van der Waals surface area contributed by atoms with Crippen molar-refractivity contribution in [1.29, 1.82) is 0 Å². The lowest BCUT2D eigenvalue weighted by Crippen LogP contribution is -2.35. The van der Waals surface area contributed by atoms with Crippen molar-refractivity contribution in [2.45, 2.75) is 32.9 Å². The summed E-state index contributed by atoms with van der Waals surface area (Å²) in [5.41, 5.74) is 1.81. The molecule has 0 bridgehead atoms. The molecule has 1 atom stereocenters. The Bertz CT molecular complexity index is 366. The third-order valence-electron chi connectivity index (χ3n) is 2.49. The first-order chi connectivity index (χ1) is 8.15. The van der Waals surface area contributed by atoms with Crippen molar-refractivity contribution in [3.05, 3.63) is 29.8 Å². The molecule has 17 heavy (non-hydrogen) atoms. The summed E-state index contributed by atoms with van der Waals surface area (Å²) in [6.45, 7) is 4.55. The largest absolute Gasteiger partial charge is 0.380 e. The molecule has 4 nitrogen and oxygen atoms in total. The molecule has 0 heterocycles. The normalized spacial score (nSPS) is 11.9. The molecule has 94 valence electrons. The summed E-state index contributed by atoms with van der Waals surface area (Å²) in [6.07, 6.45) is 0.914. The van der Waals surface area contributed by atoms with Gasteiger partial charge in [-0.1, -0.05) is 19.1 Å². The smallest absolute Gasteiger partial charge is 0.319 e. The summed E-state index contributed by atoms with van der Waals surface area (Å²) in [5.74, 6) is 0. The maximum atomic E-state index is 11.6. The number of rotatable bonds is 5. The maximum absolute atomic E-state index is 11.6. The highest BCUT2D eigenvalue weighted by molar-refractivity contribution is 5.89. The van der Waals surface area contributed by atoms with Crippen LogP contribution in [0.4, 0.5) is 10.5 Å². The van der Waals surface area contributed by atoms with Crippen LogP contribution in [0.15, 0.2) is 24.3 Å². The number of hydrogen-bond acceptors (Lipinski definition) is 2. The lowest BCUT2D eigenvalue weighted by atomic mass is 10.2. The Morgan fingerprint density at radius 3 is 2.88 bits per heavy atom. The van der Waals surface area contributed by atoms with Gasteiger partial charge in [0, 0.05) is 18.8 Å². The fourth-order valence-electron chi connectivity index (χ4n) is 1.40. The Hall–Kier alpha value is -1.55. The zero-order valence-corrected chi connectivity index (χ0v) is 10.6. The Kier molecular flexibility index (Phi) is 5.49. The zero-order chi connectivity index (χ0) is 12.7. The molecule has 0 aliphatic rings. The van der Waals surface area contributed by atoms with Gasteiger partial charge in [0.05, 0.1) is 6.61 Å². The van der Waals surface area contributed by atoms with Gasteiger partial charge in [-0.2, -0.15) is 0 Å². The number of benzene rings is 1. The van der Waals surface area contributed by atoms with Gasteiger partial charge in [-0.3, -0.25) is 0 Å². The van der Waals surface area contributed by atoms with E-state index in [0.717, 1.165) is 17.7 Å². The van der Waals surface area contributed by atoms with Crippen molar-refractivity contribution in [3.63, 3.8) is 0 Å². The first-order valence-corrected chi connectivity index (χ1v) is 5.81. The van der Waals surface area contributed by atoms with Crippen LogP contribution in [0.1, 0.15) is 25.8 Å². The third kappa shape index (κ3) is 4.87. The van der Waals surface area contributed by atoms with Crippen molar-refractivity contribution in [1.82, 2.24) is 5.32 Å². The number of urea groups is 1. The molecule has 0 saturated heterocycles. The van der Waals surface area contributed by atoms with E-state index in [1.54, 1.807) is 7.11 Å². The van der Waals surface area contributed by atoms with E-state index in [4.69, 9.17) is 4.74 Å². The van der Waals surface area contributed by atoms with Gasteiger partial charge in [0.15, 0.2) is 0 Å². The Morgan fingerprint density at radius 1 is 1.47 bits per heavy atom. The number of hydrogen-bond donors (Lipinski definition) is 2. The molecular formula is C13H20N2O2. The summed E-state index contributed by atoms with van der Waals surface area (Å²) in [5, 5.41) is 5.65. The molecule has 0 unspecified atom stereocenters. The first-order valence-electron chi connectivity index (χ1n) is 5.81. The minimum absolute atomic E-state index is 0.172. The molecule has 0 spiro atoms. The number of amides is 2. The molecule has 0 saturated carbocycles. The fraction of sp³-hybridized carbons (Fsp3) is 0.462. The summed E-state index contributed by atoms with van der Waals surface area (Å²) >= 11 is 0. The molecule has 2 N–H and O–H groups in total. The predicted molar refractivity (Wildman–Crippen MR) is 69.1 cm³/mol. The van der Waals surface area contributed by atoms with E-state index in [1.807, 2.05) is 38.1 Å². The highest BCUT2D eigenvalue weighted by atomic mass is 16.5. The van der Waals surface area contributed by atoms with Crippen LogP contribution in [-0.4, -0.2) is 19.2 Å². The molecular weight excluding hydrogens is 216 g/mol. The van der Waals surface area contributed by atoms with Crippen LogP contribution in [0, 0.1) is 0 Å². The lowest BCUT2D eigenvalue weighted by molar-refractivity contribution is 0.185. The molecule has 0 aliphatic carbocycles. The van der Waals surface area contributed by atoms with E-state index in [1.165, 1.54) is 0 Å². The van der Waals surface area contributed by atoms with Gasteiger partial charge in [0.2, 0.25) is 0 Å². The second-order valence-electron chi connectivity index (χ2n) is 4.04. The molecule has 2 amide bonds. The number of nitrogens with one attached hydrogen (secondary N) is 2. The monoisotopic (exact) mass is 236 g/mol. The lowest BCUT2D eigenvalue weighted by Gasteiger charge is -2.13. The van der Waals surface area contributed by atoms with Crippen LogP contribution in [-0.2, 0) is 11.3 Å². The number of carbonyl (C=O) groups is 1. The molecule has 0 aliphatic heterocycles. The maximum Gasteiger partial charge on any atom is 0.319 e. The SMILES string of the molecule is CC[C@H](C)NC(=O)Nc1cccc(COC)c1. The van der Waals surface area contributed by atoms with E-state index < -0.39 is 0 Å². The molecule has 0 radical (unpaired) electrons. The van der Waals surface area contributed by atoms with Gasteiger partial charge in [-0.15, -0.1) is 0 Å². The van der Waals surface area contributed by atoms with Gasteiger partial charge >= 0.3 is 6.03 Å². The van der Waals surface area contributed by atoms with Crippen LogP contribution in [0.3, 0.4) is 0 Å². The van der Waals surface area contributed by atoms with Crippen LogP contribution < -0.4 is 10.6 Å². The fourth-order valence-corrected chi connectivity index (χ4v) is 1.40. The summed E-state index contributed by atoms with van der Waals surface area (Å²) in [6, 6.07) is 7.62. The van der Waals surface area contributed by atoms with Gasteiger partial charge in [0.1, 0.15) is 0 Å². The second-order valence-corrected chi connectivity index (χ2v) is 4.04. The standard InChI is InChI=1S/C13H20N2O2/c1-4-10(2)14-13(16)15-12-7-5-6-11(8-12)9-17-3/h5-8,10H,4,9H2,1-3H3,(H2,14,15,16)/t10-/m0/s1. The summed E-state index contributed by atoms with van der Waals surface area (Å²) < 4.78 is 5.04. The topological polar surface area (TPSA) is 50.4 Å². The van der Waals surface area contributed by atoms with E-state index in [9.17, 15) is 4.79 Å². The van der Waals surface area contributed by atoms with Crippen molar-refractivity contribution in [3.8, 4) is 0 Å². The van der Waals surface area contributed by atoms with Crippen LogP contribution >= 0.6 is 0 Å². The van der Waals surface area contributed by atoms with Crippen molar-refractivity contribution in [2.75, 3.05) is 12.4 Å². The van der Waals surface area contributed by atoms with E-state index in [0.29, 0.717) is 6.61 Å². The Morgan fingerprint density at radius 2 is 2.24 bits per heavy atom.